The van der Waals surface area contributed by atoms with E-state index in [0.29, 0.717) is 23.9 Å². The zero-order valence-corrected chi connectivity index (χ0v) is 17.8. The van der Waals surface area contributed by atoms with E-state index in [1.54, 1.807) is 13.0 Å². The van der Waals surface area contributed by atoms with E-state index in [0.717, 1.165) is 41.0 Å². The van der Waals surface area contributed by atoms with Gasteiger partial charge in [-0.2, -0.15) is 0 Å². The summed E-state index contributed by atoms with van der Waals surface area (Å²) >= 11 is 0. The molecule has 1 heterocycles. The van der Waals surface area contributed by atoms with Crippen molar-refractivity contribution in [1.82, 2.24) is 20.6 Å². The van der Waals surface area contributed by atoms with Crippen molar-refractivity contribution in [1.29, 1.82) is 0 Å². The molecule has 3 rings (SSSR count). The number of aromatic nitrogens is 2. The van der Waals surface area contributed by atoms with Crippen LogP contribution in [0, 0.1) is 6.92 Å². The average Bonchev–Trinajstić information content (AvgIpc) is 3.08. The number of aromatic amines is 1. The maximum Gasteiger partial charge on any atom is 0.191 e. The zero-order chi connectivity index (χ0) is 20.9. The van der Waals surface area contributed by atoms with E-state index in [1.807, 2.05) is 43.3 Å². The number of para-hydroxylation sites is 2. The number of fused-ring (bicyclic) bond motifs is 1. The fraction of sp³-hybridized carbons (Fsp3) is 0.333. The quantitative estimate of drug-likeness (QED) is 0.408. The highest BCUT2D eigenvalue weighted by molar-refractivity contribution is 7.90. The monoisotopic (exact) mass is 413 g/mol. The predicted molar refractivity (Wildman–Crippen MR) is 117 cm³/mol. The molecule has 0 saturated carbocycles. The number of nitrogens with zero attached hydrogens (tertiary/aromatic N) is 2. The first-order chi connectivity index (χ1) is 13.9. The Morgan fingerprint density at radius 3 is 2.66 bits per heavy atom. The summed E-state index contributed by atoms with van der Waals surface area (Å²) in [5.41, 5.74) is 3.71. The Kier molecular flexibility index (Phi) is 6.53. The second-order valence-corrected chi connectivity index (χ2v) is 8.93. The van der Waals surface area contributed by atoms with Gasteiger partial charge in [-0.15, -0.1) is 0 Å². The van der Waals surface area contributed by atoms with Crippen molar-refractivity contribution in [3.05, 3.63) is 59.4 Å². The van der Waals surface area contributed by atoms with Gasteiger partial charge in [0.2, 0.25) is 0 Å². The Morgan fingerprint density at radius 1 is 1.17 bits per heavy atom. The van der Waals surface area contributed by atoms with E-state index >= 15 is 0 Å². The number of hydrogen-bond acceptors (Lipinski definition) is 4. The molecule has 0 aliphatic rings. The molecular weight excluding hydrogens is 386 g/mol. The van der Waals surface area contributed by atoms with Crippen LogP contribution in [0.3, 0.4) is 0 Å². The summed E-state index contributed by atoms with van der Waals surface area (Å²) in [7, 11) is -3.21. The van der Waals surface area contributed by atoms with E-state index in [1.165, 1.54) is 6.26 Å². The average molecular weight is 414 g/mol. The molecule has 3 N–H and O–H groups in total. The number of imidazole rings is 1. The second kappa shape index (κ2) is 9.09. The lowest BCUT2D eigenvalue weighted by atomic mass is 10.1. The molecule has 0 saturated heterocycles. The highest BCUT2D eigenvalue weighted by Crippen LogP contribution is 2.17. The molecule has 0 atom stereocenters. The van der Waals surface area contributed by atoms with Crippen molar-refractivity contribution in [3.8, 4) is 0 Å². The Bertz CT molecular complexity index is 1090. The topological polar surface area (TPSA) is 99.2 Å². The number of benzene rings is 2. The number of aryl methyl sites for hydroxylation is 1. The minimum atomic E-state index is -3.21. The molecule has 3 aromatic rings. The molecule has 0 unspecified atom stereocenters. The molecule has 0 radical (unpaired) electrons. The van der Waals surface area contributed by atoms with Gasteiger partial charge in [-0.3, -0.25) is 0 Å². The lowest BCUT2D eigenvalue weighted by molar-refractivity contribution is 0.601. The maximum atomic E-state index is 11.8. The number of aliphatic imine (C=N–C) groups is 1. The van der Waals surface area contributed by atoms with Gasteiger partial charge >= 0.3 is 0 Å². The number of guanidine groups is 1. The molecule has 1 aromatic heterocycles. The van der Waals surface area contributed by atoms with Gasteiger partial charge in [0.25, 0.3) is 0 Å². The standard InChI is InChI=1S/C21H27N5O2S/c1-4-22-21(23-12-11-20-25-17-7-5-6-8-18(17)26-20)24-14-16-9-10-19(15(2)13-16)29(3,27)28/h5-10,13H,4,11-12,14H2,1-3H3,(H,25,26)(H2,22,23,24). The third-order valence-electron chi connectivity index (χ3n) is 4.50. The van der Waals surface area contributed by atoms with E-state index in [-0.39, 0.29) is 0 Å². The molecule has 0 bridgehead atoms. The summed E-state index contributed by atoms with van der Waals surface area (Å²) in [4.78, 5) is 12.9. The normalized spacial score (nSPS) is 12.3. The molecule has 8 heteroatoms. The smallest absolute Gasteiger partial charge is 0.191 e. The third-order valence-corrected chi connectivity index (χ3v) is 5.75. The Hall–Kier alpha value is -2.87. The number of hydrogen-bond donors (Lipinski definition) is 3. The van der Waals surface area contributed by atoms with Crippen molar-refractivity contribution in [2.45, 2.75) is 31.7 Å². The summed E-state index contributed by atoms with van der Waals surface area (Å²) in [6.07, 6.45) is 1.98. The van der Waals surface area contributed by atoms with Crippen LogP contribution in [0.4, 0.5) is 0 Å². The lowest BCUT2D eigenvalue weighted by Gasteiger charge is -2.11. The van der Waals surface area contributed by atoms with Crippen LogP contribution in [0.1, 0.15) is 23.9 Å². The van der Waals surface area contributed by atoms with E-state index in [2.05, 4.69) is 25.6 Å². The van der Waals surface area contributed by atoms with Gasteiger partial charge in [0.15, 0.2) is 15.8 Å². The summed E-state index contributed by atoms with van der Waals surface area (Å²) in [5.74, 6) is 1.65. The number of nitrogens with one attached hydrogen (secondary N) is 3. The van der Waals surface area contributed by atoms with Crippen molar-refractivity contribution in [2.75, 3.05) is 19.3 Å². The molecule has 0 spiro atoms. The van der Waals surface area contributed by atoms with Gasteiger partial charge in [0.1, 0.15) is 5.82 Å². The zero-order valence-electron chi connectivity index (χ0n) is 17.0. The molecular formula is C21H27N5O2S. The second-order valence-electron chi connectivity index (χ2n) is 6.94. The van der Waals surface area contributed by atoms with E-state index in [9.17, 15) is 8.42 Å². The highest BCUT2D eigenvalue weighted by atomic mass is 32.2. The highest BCUT2D eigenvalue weighted by Gasteiger charge is 2.10. The van der Waals surface area contributed by atoms with Crippen LogP contribution in [0.5, 0.6) is 0 Å². The van der Waals surface area contributed by atoms with Crippen molar-refractivity contribution in [3.63, 3.8) is 0 Å². The number of rotatable bonds is 7. The molecule has 2 aromatic carbocycles. The summed E-state index contributed by atoms with van der Waals surface area (Å²) in [6.45, 7) is 5.73. The van der Waals surface area contributed by atoms with Crippen LogP contribution in [0.2, 0.25) is 0 Å². The summed E-state index contributed by atoms with van der Waals surface area (Å²) < 4.78 is 23.5. The van der Waals surface area contributed by atoms with Gasteiger partial charge in [0, 0.05) is 25.8 Å². The predicted octanol–water partition coefficient (Wildman–Crippen LogP) is 2.57. The fourth-order valence-electron chi connectivity index (χ4n) is 3.16. The van der Waals surface area contributed by atoms with Gasteiger partial charge in [0.05, 0.1) is 22.5 Å². The van der Waals surface area contributed by atoms with Crippen LogP contribution < -0.4 is 10.6 Å². The minimum absolute atomic E-state index is 0.362. The molecule has 0 amide bonds. The van der Waals surface area contributed by atoms with Crippen LogP contribution >= 0.6 is 0 Å². The van der Waals surface area contributed by atoms with Crippen molar-refractivity contribution >= 4 is 26.8 Å². The Labute approximate surface area is 171 Å². The molecule has 7 nitrogen and oxygen atoms in total. The molecule has 0 aliphatic heterocycles. The third kappa shape index (κ3) is 5.57. The molecule has 29 heavy (non-hydrogen) atoms. The Morgan fingerprint density at radius 2 is 1.97 bits per heavy atom. The number of H-pyrrole nitrogens is 1. The largest absolute Gasteiger partial charge is 0.357 e. The molecule has 0 fully saturated rings. The van der Waals surface area contributed by atoms with E-state index < -0.39 is 9.84 Å². The van der Waals surface area contributed by atoms with Crippen LogP contribution in [0.25, 0.3) is 11.0 Å². The minimum Gasteiger partial charge on any atom is -0.357 e. The van der Waals surface area contributed by atoms with E-state index in [4.69, 9.17) is 0 Å². The number of sulfone groups is 1. The molecule has 0 aliphatic carbocycles. The van der Waals surface area contributed by atoms with Crippen LogP contribution in [-0.4, -0.2) is 43.7 Å². The Balaban J connectivity index is 1.61. The van der Waals surface area contributed by atoms with Crippen molar-refractivity contribution < 1.29 is 8.42 Å². The SMILES string of the molecule is CCNC(=NCc1ccc(S(C)(=O)=O)c(C)c1)NCCc1nc2ccccc2[nH]1. The van der Waals surface area contributed by atoms with Crippen LogP contribution in [-0.2, 0) is 22.8 Å². The van der Waals surface area contributed by atoms with Crippen LogP contribution in [0.15, 0.2) is 52.4 Å². The lowest BCUT2D eigenvalue weighted by Crippen LogP contribution is -2.38. The van der Waals surface area contributed by atoms with Gasteiger partial charge in [-0.05, 0) is 43.2 Å². The molecule has 154 valence electrons. The maximum absolute atomic E-state index is 11.8. The van der Waals surface area contributed by atoms with Crippen molar-refractivity contribution in [2.24, 2.45) is 4.99 Å². The first-order valence-corrected chi connectivity index (χ1v) is 11.5. The van der Waals surface area contributed by atoms with Gasteiger partial charge < -0.3 is 15.6 Å². The van der Waals surface area contributed by atoms with Gasteiger partial charge in [-0.1, -0.05) is 24.3 Å². The first kappa shape index (κ1) is 20.9. The summed E-state index contributed by atoms with van der Waals surface area (Å²) in [6, 6.07) is 13.3. The fourth-order valence-corrected chi connectivity index (χ4v) is 4.12. The summed E-state index contributed by atoms with van der Waals surface area (Å²) in [5, 5.41) is 6.55. The van der Waals surface area contributed by atoms with Gasteiger partial charge in [-0.25, -0.2) is 18.4 Å². The first-order valence-electron chi connectivity index (χ1n) is 9.62.